The number of carbonyl (C=O) groups excluding carboxylic acids is 1. The standard InChI is InChI=1S/C15H21NO2S2/c1-15(2,3)18-14(17)16(4)12(13(19)20-5)11-9-7-6-8-10-11/h6-10,12H,1-5H3/t12-/m1/s1. The van der Waals surface area contributed by atoms with Gasteiger partial charge >= 0.3 is 6.09 Å². The fourth-order valence-corrected chi connectivity index (χ4v) is 2.52. The molecule has 0 radical (unpaired) electrons. The van der Waals surface area contributed by atoms with Gasteiger partial charge in [0.2, 0.25) is 0 Å². The summed E-state index contributed by atoms with van der Waals surface area (Å²) in [7, 11) is 1.72. The van der Waals surface area contributed by atoms with E-state index in [1.54, 1.807) is 11.9 Å². The summed E-state index contributed by atoms with van der Waals surface area (Å²) in [6.07, 6.45) is 1.55. The molecule has 110 valence electrons. The maximum atomic E-state index is 12.2. The van der Waals surface area contributed by atoms with Gasteiger partial charge in [-0.3, -0.25) is 4.90 Å². The van der Waals surface area contributed by atoms with Crippen LogP contribution in [0.2, 0.25) is 0 Å². The molecule has 1 atom stereocenters. The third-order valence-electron chi connectivity index (χ3n) is 2.61. The first kappa shape index (κ1) is 17.0. The molecule has 0 N–H and O–H groups in total. The zero-order chi connectivity index (χ0) is 15.3. The summed E-state index contributed by atoms with van der Waals surface area (Å²) in [6.45, 7) is 5.55. The average molecular weight is 311 g/mol. The van der Waals surface area contributed by atoms with Crippen molar-refractivity contribution in [1.29, 1.82) is 0 Å². The highest BCUT2D eigenvalue weighted by atomic mass is 32.2. The summed E-state index contributed by atoms with van der Waals surface area (Å²) in [6, 6.07) is 9.48. The molecule has 3 nitrogen and oxygen atoms in total. The molecule has 0 spiro atoms. The molecule has 0 heterocycles. The molecule has 5 heteroatoms. The molecule has 1 rings (SSSR count). The van der Waals surface area contributed by atoms with Gasteiger partial charge in [0.15, 0.2) is 0 Å². The van der Waals surface area contributed by atoms with Crippen molar-refractivity contribution in [3.63, 3.8) is 0 Å². The van der Waals surface area contributed by atoms with E-state index in [-0.39, 0.29) is 12.1 Å². The van der Waals surface area contributed by atoms with Crippen molar-refractivity contribution in [1.82, 2.24) is 4.90 Å². The molecule has 0 bridgehead atoms. The van der Waals surface area contributed by atoms with E-state index in [4.69, 9.17) is 17.0 Å². The Hall–Kier alpha value is -1.07. The van der Waals surface area contributed by atoms with Crippen LogP contribution in [0.4, 0.5) is 4.79 Å². The van der Waals surface area contributed by atoms with Crippen LogP contribution in [-0.4, -0.2) is 34.1 Å². The second-order valence-corrected chi connectivity index (χ2v) is 6.97. The van der Waals surface area contributed by atoms with Crippen molar-refractivity contribution >= 4 is 34.3 Å². The van der Waals surface area contributed by atoms with Gasteiger partial charge in [-0.2, -0.15) is 0 Å². The number of rotatable bonds is 3. The zero-order valence-electron chi connectivity index (χ0n) is 12.5. The predicted molar refractivity (Wildman–Crippen MR) is 89.3 cm³/mol. The fraction of sp³-hybridized carbons (Fsp3) is 0.467. The van der Waals surface area contributed by atoms with Crippen molar-refractivity contribution in [3.05, 3.63) is 35.9 Å². The van der Waals surface area contributed by atoms with Gasteiger partial charge in [0.1, 0.15) is 11.6 Å². The lowest BCUT2D eigenvalue weighted by molar-refractivity contribution is 0.0269. The van der Waals surface area contributed by atoms with Crippen molar-refractivity contribution in [2.24, 2.45) is 0 Å². The third-order valence-corrected chi connectivity index (χ3v) is 3.96. The summed E-state index contributed by atoms with van der Waals surface area (Å²) in [5.41, 5.74) is 0.466. The van der Waals surface area contributed by atoms with E-state index in [1.807, 2.05) is 57.4 Å². The first-order chi connectivity index (χ1) is 9.26. The van der Waals surface area contributed by atoms with Crippen LogP contribution in [-0.2, 0) is 4.74 Å². The van der Waals surface area contributed by atoms with E-state index in [9.17, 15) is 4.79 Å². The van der Waals surface area contributed by atoms with Crippen LogP contribution in [0.1, 0.15) is 32.4 Å². The Morgan fingerprint density at radius 2 is 1.85 bits per heavy atom. The molecule has 0 aliphatic rings. The van der Waals surface area contributed by atoms with E-state index < -0.39 is 5.60 Å². The fourth-order valence-electron chi connectivity index (χ4n) is 1.70. The van der Waals surface area contributed by atoms with E-state index in [2.05, 4.69) is 0 Å². The number of benzene rings is 1. The number of hydrogen-bond acceptors (Lipinski definition) is 4. The largest absolute Gasteiger partial charge is 0.444 e. The third kappa shape index (κ3) is 4.80. The topological polar surface area (TPSA) is 29.5 Å². The normalized spacial score (nSPS) is 12.7. The van der Waals surface area contributed by atoms with Crippen LogP contribution < -0.4 is 0 Å². The van der Waals surface area contributed by atoms with E-state index >= 15 is 0 Å². The minimum Gasteiger partial charge on any atom is -0.444 e. The van der Waals surface area contributed by atoms with Gasteiger partial charge in [0, 0.05) is 7.05 Å². The van der Waals surface area contributed by atoms with Crippen molar-refractivity contribution in [3.8, 4) is 0 Å². The summed E-state index contributed by atoms with van der Waals surface area (Å²) < 4.78 is 6.16. The van der Waals surface area contributed by atoms with E-state index in [0.29, 0.717) is 0 Å². The zero-order valence-corrected chi connectivity index (χ0v) is 14.2. The monoisotopic (exact) mass is 311 g/mol. The molecule has 1 amide bonds. The molecular formula is C15H21NO2S2. The van der Waals surface area contributed by atoms with Crippen LogP contribution >= 0.6 is 24.0 Å². The average Bonchev–Trinajstić information content (AvgIpc) is 2.37. The SMILES string of the molecule is CSC(=S)[C@@H](c1ccccc1)N(C)C(=O)OC(C)(C)C. The highest BCUT2D eigenvalue weighted by molar-refractivity contribution is 8.22. The first-order valence-corrected chi connectivity index (χ1v) is 7.98. The number of thiocarbonyl (C=S) groups is 1. The second-order valence-electron chi connectivity index (χ2n) is 5.43. The molecule has 0 aliphatic carbocycles. The molecule has 0 aliphatic heterocycles. The Balaban J connectivity index is 3.00. The lowest BCUT2D eigenvalue weighted by Crippen LogP contribution is -2.38. The van der Waals surface area contributed by atoms with Crippen LogP contribution in [0, 0.1) is 0 Å². The van der Waals surface area contributed by atoms with Crippen LogP contribution in [0.25, 0.3) is 0 Å². The number of amides is 1. The molecule has 1 aromatic carbocycles. The van der Waals surface area contributed by atoms with Crippen LogP contribution in [0.15, 0.2) is 30.3 Å². The molecule has 20 heavy (non-hydrogen) atoms. The molecule has 0 fully saturated rings. The van der Waals surface area contributed by atoms with Gasteiger partial charge < -0.3 is 4.74 Å². The predicted octanol–water partition coefficient (Wildman–Crippen LogP) is 4.29. The van der Waals surface area contributed by atoms with Crippen LogP contribution in [0.3, 0.4) is 0 Å². The van der Waals surface area contributed by atoms with Gasteiger partial charge in [-0.25, -0.2) is 4.79 Å². The maximum Gasteiger partial charge on any atom is 0.410 e. The highest BCUT2D eigenvalue weighted by Gasteiger charge is 2.28. The Morgan fingerprint density at radius 1 is 1.30 bits per heavy atom. The molecule has 0 unspecified atom stereocenters. The summed E-state index contributed by atoms with van der Waals surface area (Å²) in [5, 5.41) is 0. The number of nitrogens with zero attached hydrogens (tertiary/aromatic N) is 1. The Morgan fingerprint density at radius 3 is 2.30 bits per heavy atom. The Bertz CT molecular complexity index is 469. The van der Waals surface area contributed by atoms with Gasteiger partial charge in [0.25, 0.3) is 0 Å². The van der Waals surface area contributed by atoms with E-state index in [1.165, 1.54) is 11.8 Å². The maximum absolute atomic E-state index is 12.2. The molecular weight excluding hydrogens is 290 g/mol. The molecule has 0 saturated heterocycles. The molecule has 0 aromatic heterocycles. The molecule has 1 aromatic rings. The highest BCUT2D eigenvalue weighted by Crippen LogP contribution is 2.27. The minimum absolute atomic E-state index is 0.268. The van der Waals surface area contributed by atoms with Crippen LogP contribution in [0.5, 0.6) is 0 Å². The quantitative estimate of drug-likeness (QED) is 0.779. The number of carbonyl (C=O) groups is 1. The van der Waals surface area contributed by atoms with Gasteiger partial charge in [0.05, 0.1) is 4.20 Å². The first-order valence-electron chi connectivity index (χ1n) is 6.35. The Kier molecular flexibility index (Phi) is 6.02. The van der Waals surface area contributed by atoms with Crippen molar-refractivity contribution < 1.29 is 9.53 Å². The van der Waals surface area contributed by atoms with Gasteiger partial charge in [-0.05, 0) is 32.6 Å². The lowest BCUT2D eigenvalue weighted by atomic mass is 10.1. The minimum atomic E-state index is -0.520. The number of thioether (sulfide) groups is 1. The van der Waals surface area contributed by atoms with Gasteiger partial charge in [-0.1, -0.05) is 42.5 Å². The number of hydrogen-bond donors (Lipinski definition) is 0. The second kappa shape index (κ2) is 7.09. The summed E-state index contributed by atoms with van der Waals surface area (Å²) >= 11 is 6.88. The van der Waals surface area contributed by atoms with Gasteiger partial charge in [-0.15, -0.1) is 11.8 Å². The van der Waals surface area contributed by atoms with Crippen molar-refractivity contribution in [2.45, 2.75) is 32.4 Å². The summed E-state index contributed by atoms with van der Waals surface area (Å²) in [4.78, 5) is 13.8. The number of ether oxygens (including phenoxy) is 1. The molecule has 0 saturated carbocycles. The van der Waals surface area contributed by atoms with Crippen molar-refractivity contribution in [2.75, 3.05) is 13.3 Å². The smallest absolute Gasteiger partial charge is 0.410 e. The van der Waals surface area contributed by atoms with E-state index in [0.717, 1.165) is 9.76 Å². The summed E-state index contributed by atoms with van der Waals surface area (Å²) in [5.74, 6) is 0. The Labute approximate surface area is 130 Å². The lowest BCUT2D eigenvalue weighted by Gasteiger charge is -2.31.